The van der Waals surface area contributed by atoms with Crippen molar-refractivity contribution >= 4 is 17.9 Å². The molecule has 0 amide bonds. The summed E-state index contributed by atoms with van der Waals surface area (Å²) in [6, 6.07) is 9.88. The van der Waals surface area contributed by atoms with Gasteiger partial charge in [-0.1, -0.05) is 41.9 Å². The van der Waals surface area contributed by atoms with Crippen LogP contribution >= 0.6 is 11.6 Å². The van der Waals surface area contributed by atoms with Gasteiger partial charge in [-0.2, -0.15) is 13.2 Å². The van der Waals surface area contributed by atoms with Crippen molar-refractivity contribution in [1.82, 2.24) is 0 Å². The SMILES string of the molecule is O=Cc1cccc(-c2ccc(Cl)cc2)c1C(F)(F)F. The van der Waals surface area contributed by atoms with Crippen LogP contribution in [0.2, 0.25) is 5.02 Å². The number of benzene rings is 2. The highest BCUT2D eigenvalue weighted by atomic mass is 35.5. The van der Waals surface area contributed by atoms with E-state index in [4.69, 9.17) is 11.6 Å². The predicted molar refractivity (Wildman–Crippen MR) is 67.3 cm³/mol. The van der Waals surface area contributed by atoms with Gasteiger partial charge in [0.2, 0.25) is 0 Å². The molecule has 0 saturated carbocycles. The molecule has 0 heterocycles. The number of carbonyl (C=O) groups is 1. The topological polar surface area (TPSA) is 17.1 Å². The largest absolute Gasteiger partial charge is 0.417 e. The van der Waals surface area contributed by atoms with Crippen LogP contribution in [0, 0.1) is 0 Å². The third kappa shape index (κ3) is 2.79. The normalized spacial score (nSPS) is 11.4. The molecule has 98 valence electrons. The molecule has 5 heteroatoms. The van der Waals surface area contributed by atoms with Crippen molar-refractivity contribution in [2.45, 2.75) is 6.18 Å². The molecule has 0 aliphatic carbocycles. The second-order valence-corrected chi connectivity index (χ2v) is 4.33. The first-order valence-corrected chi connectivity index (χ1v) is 5.72. The Bertz CT molecular complexity index is 603. The molecule has 2 aromatic carbocycles. The summed E-state index contributed by atoms with van der Waals surface area (Å²) in [5.74, 6) is 0. The molecule has 2 aromatic rings. The van der Waals surface area contributed by atoms with E-state index in [1.165, 1.54) is 36.4 Å². The van der Waals surface area contributed by atoms with Gasteiger partial charge in [-0.3, -0.25) is 4.79 Å². The second-order valence-electron chi connectivity index (χ2n) is 3.89. The van der Waals surface area contributed by atoms with Crippen LogP contribution in [0.15, 0.2) is 42.5 Å². The Kier molecular flexibility index (Phi) is 3.62. The van der Waals surface area contributed by atoms with Crippen molar-refractivity contribution in [3.05, 3.63) is 58.6 Å². The van der Waals surface area contributed by atoms with E-state index in [1.54, 1.807) is 0 Å². The lowest BCUT2D eigenvalue weighted by atomic mass is 9.95. The van der Waals surface area contributed by atoms with Gasteiger partial charge in [0, 0.05) is 10.6 Å². The molecule has 19 heavy (non-hydrogen) atoms. The summed E-state index contributed by atoms with van der Waals surface area (Å²) in [5.41, 5.74) is -0.971. The molecule has 0 aliphatic rings. The van der Waals surface area contributed by atoms with Crippen molar-refractivity contribution in [3.8, 4) is 11.1 Å². The Morgan fingerprint density at radius 3 is 2.16 bits per heavy atom. The Hall–Kier alpha value is -1.81. The van der Waals surface area contributed by atoms with Crippen LogP contribution in [0.4, 0.5) is 13.2 Å². The van der Waals surface area contributed by atoms with Gasteiger partial charge >= 0.3 is 6.18 Å². The minimum absolute atomic E-state index is 0.0335. The van der Waals surface area contributed by atoms with Gasteiger partial charge < -0.3 is 0 Å². The molecule has 0 saturated heterocycles. The molecule has 0 aliphatic heterocycles. The molecule has 0 aromatic heterocycles. The Morgan fingerprint density at radius 2 is 1.63 bits per heavy atom. The minimum Gasteiger partial charge on any atom is -0.298 e. The summed E-state index contributed by atoms with van der Waals surface area (Å²) in [4.78, 5) is 10.8. The fraction of sp³-hybridized carbons (Fsp3) is 0.0714. The third-order valence-electron chi connectivity index (χ3n) is 2.66. The Balaban J connectivity index is 2.70. The van der Waals surface area contributed by atoms with Crippen LogP contribution in [-0.2, 0) is 6.18 Å². The zero-order valence-electron chi connectivity index (χ0n) is 9.54. The molecule has 0 bridgehead atoms. The smallest absolute Gasteiger partial charge is 0.298 e. The lowest BCUT2D eigenvalue weighted by Gasteiger charge is -2.15. The summed E-state index contributed by atoms with van der Waals surface area (Å²) < 4.78 is 39.2. The number of hydrogen-bond donors (Lipinski definition) is 0. The molecule has 0 unspecified atom stereocenters. The van der Waals surface area contributed by atoms with Crippen molar-refractivity contribution in [1.29, 1.82) is 0 Å². The van der Waals surface area contributed by atoms with Gasteiger partial charge in [-0.25, -0.2) is 0 Å². The molecule has 1 nitrogen and oxygen atoms in total. The number of alkyl halides is 3. The fourth-order valence-electron chi connectivity index (χ4n) is 1.85. The molecule has 0 spiro atoms. The number of hydrogen-bond acceptors (Lipinski definition) is 1. The average molecular weight is 285 g/mol. The first kappa shape index (κ1) is 13.6. The van der Waals surface area contributed by atoms with Crippen LogP contribution in [0.3, 0.4) is 0 Å². The molecule has 0 radical (unpaired) electrons. The number of aldehydes is 1. The number of rotatable bonds is 2. The van der Waals surface area contributed by atoms with Crippen LogP contribution in [0.1, 0.15) is 15.9 Å². The maximum Gasteiger partial charge on any atom is 0.417 e. The molecule has 0 atom stereocenters. The van der Waals surface area contributed by atoms with E-state index in [9.17, 15) is 18.0 Å². The van der Waals surface area contributed by atoms with Crippen molar-refractivity contribution in [2.24, 2.45) is 0 Å². The fourth-order valence-corrected chi connectivity index (χ4v) is 1.98. The summed E-state index contributed by atoms with van der Waals surface area (Å²) in [6.07, 6.45) is -4.38. The van der Waals surface area contributed by atoms with Gasteiger partial charge in [-0.05, 0) is 23.3 Å². The van der Waals surface area contributed by atoms with Gasteiger partial charge in [-0.15, -0.1) is 0 Å². The zero-order valence-corrected chi connectivity index (χ0v) is 10.3. The second kappa shape index (κ2) is 5.05. The maximum absolute atomic E-state index is 13.1. The first-order valence-electron chi connectivity index (χ1n) is 5.35. The Labute approximate surface area is 112 Å². The standard InChI is InChI=1S/C14H8ClF3O/c15-11-6-4-9(5-7-11)12-3-1-2-10(8-19)13(12)14(16,17)18/h1-8H. The van der Waals surface area contributed by atoms with E-state index < -0.39 is 11.7 Å². The van der Waals surface area contributed by atoms with E-state index >= 15 is 0 Å². The van der Waals surface area contributed by atoms with Crippen molar-refractivity contribution in [3.63, 3.8) is 0 Å². The molecule has 0 N–H and O–H groups in total. The lowest BCUT2D eigenvalue weighted by molar-refractivity contribution is -0.137. The van der Waals surface area contributed by atoms with Crippen LogP contribution in [0.25, 0.3) is 11.1 Å². The zero-order chi connectivity index (χ0) is 14.0. The van der Waals surface area contributed by atoms with E-state index in [2.05, 4.69) is 0 Å². The van der Waals surface area contributed by atoms with Gasteiger partial charge in [0.15, 0.2) is 6.29 Å². The van der Waals surface area contributed by atoms with Crippen LogP contribution in [-0.4, -0.2) is 6.29 Å². The van der Waals surface area contributed by atoms with E-state index in [-0.39, 0.29) is 17.4 Å². The highest BCUT2D eigenvalue weighted by Crippen LogP contribution is 2.39. The number of carbonyl (C=O) groups excluding carboxylic acids is 1. The van der Waals surface area contributed by atoms with Crippen LogP contribution in [0.5, 0.6) is 0 Å². The number of halogens is 4. The highest BCUT2D eigenvalue weighted by Gasteiger charge is 2.36. The highest BCUT2D eigenvalue weighted by molar-refractivity contribution is 6.30. The van der Waals surface area contributed by atoms with Gasteiger partial charge in [0.1, 0.15) is 0 Å². The summed E-state index contributed by atoms with van der Waals surface area (Å²) >= 11 is 5.71. The van der Waals surface area contributed by atoms with Crippen molar-refractivity contribution < 1.29 is 18.0 Å². The Morgan fingerprint density at radius 1 is 1.00 bits per heavy atom. The summed E-state index contributed by atoms with van der Waals surface area (Å²) in [5, 5.41) is 0.434. The van der Waals surface area contributed by atoms with E-state index in [0.29, 0.717) is 10.6 Å². The predicted octanol–water partition coefficient (Wildman–Crippen LogP) is 4.84. The quantitative estimate of drug-likeness (QED) is 0.721. The lowest BCUT2D eigenvalue weighted by Crippen LogP contribution is -2.11. The molecular formula is C14H8ClF3O. The third-order valence-corrected chi connectivity index (χ3v) is 2.91. The van der Waals surface area contributed by atoms with E-state index in [1.807, 2.05) is 0 Å². The average Bonchev–Trinajstić information content (AvgIpc) is 2.37. The first-order chi connectivity index (χ1) is 8.93. The molecule has 0 fully saturated rings. The monoisotopic (exact) mass is 284 g/mol. The molecular weight excluding hydrogens is 277 g/mol. The molecule has 2 rings (SSSR count). The van der Waals surface area contributed by atoms with Gasteiger partial charge in [0.05, 0.1) is 5.56 Å². The van der Waals surface area contributed by atoms with Gasteiger partial charge in [0.25, 0.3) is 0 Å². The van der Waals surface area contributed by atoms with E-state index in [0.717, 1.165) is 6.07 Å². The minimum atomic E-state index is -4.59. The van der Waals surface area contributed by atoms with Crippen LogP contribution < -0.4 is 0 Å². The summed E-state index contributed by atoms with van der Waals surface area (Å²) in [6.45, 7) is 0. The summed E-state index contributed by atoms with van der Waals surface area (Å²) in [7, 11) is 0. The maximum atomic E-state index is 13.1. The van der Waals surface area contributed by atoms with Crippen molar-refractivity contribution in [2.75, 3.05) is 0 Å².